The third-order valence-corrected chi connectivity index (χ3v) is 16.0. The molecule has 404 valence electrons. The SMILES string of the molecule is CN1CCC2(Nc3cccc4c(SC(F)(F)F)c(C#CCNC(=O)C5=CN(C6CC6)NC5)nn34)CC2C1.CN1CCC2(Nc3cccc4c(SC(F)(F)F)c(C#CCNC(=O)c5cnn(CC(C)(C)O)c5)nn34)CC2C1. The molecule has 5 fully saturated rings. The van der Waals surface area contributed by atoms with Gasteiger partial charge in [0.05, 0.1) is 57.8 Å². The average Bonchev–Trinajstić information content (AvgIpc) is 4.26. The van der Waals surface area contributed by atoms with E-state index in [1.807, 2.05) is 23.3 Å². The van der Waals surface area contributed by atoms with Crippen LogP contribution in [-0.4, -0.2) is 154 Å². The predicted octanol–water partition coefficient (Wildman–Crippen LogP) is 5.99. The van der Waals surface area contributed by atoms with Crippen LogP contribution in [-0.2, 0) is 11.3 Å². The van der Waals surface area contributed by atoms with E-state index in [1.165, 1.54) is 26.1 Å². The highest BCUT2D eigenvalue weighted by Crippen LogP contribution is 2.53. The summed E-state index contributed by atoms with van der Waals surface area (Å²) in [5.41, 5.74) is -5.32. The fourth-order valence-corrected chi connectivity index (χ4v) is 11.6. The van der Waals surface area contributed by atoms with Gasteiger partial charge in [-0.2, -0.15) is 41.6 Å². The van der Waals surface area contributed by atoms with Gasteiger partial charge in [-0.15, -0.1) is 0 Å². The molecule has 5 aromatic rings. The fourth-order valence-electron chi connectivity index (χ4n) is 10.2. The maximum Gasteiger partial charge on any atom is 0.446 e. The van der Waals surface area contributed by atoms with Crippen LogP contribution in [0.2, 0.25) is 0 Å². The number of aliphatic hydroxyl groups is 1. The molecule has 0 spiro atoms. The van der Waals surface area contributed by atoms with Crippen molar-refractivity contribution < 1.29 is 41.0 Å². The number of nitrogens with zero attached hydrogens (tertiary/aromatic N) is 9. The van der Waals surface area contributed by atoms with Gasteiger partial charge in [0.1, 0.15) is 23.0 Å². The number of thioether (sulfide) groups is 2. The Hall–Kier alpha value is -6.09. The Bertz CT molecular complexity index is 3190. The van der Waals surface area contributed by atoms with Gasteiger partial charge < -0.3 is 41.2 Å². The van der Waals surface area contributed by atoms with Gasteiger partial charge in [0.15, 0.2) is 0 Å². The number of amides is 2. The number of carbonyl (C=O) groups is 2. The van der Waals surface area contributed by atoms with Gasteiger partial charge in [0.2, 0.25) is 0 Å². The number of carbonyl (C=O) groups excluding carboxylic acids is 2. The molecular weight excluding hydrogens is 1030 g/mol. The summed E-state index contributed by atoms with van der Waals surface area (Å²) in [6.45, 7) is 7.75. The first-order valence-electron chi connectivity index (χ1n) is 25.0. The second-order valence-corrected chi connectivity index (χ2v) is 23.2. The number of rotatable bonds is 13. The summed E-state index contributed by atoms with van der Waals surface area (Å²) in [7, 11) is 4.20. The van der Waals surface area contributed by atoms with Crippen molar-refractivity contribution in [3.05, 3.63) is 77.5 Å². The number of halogens is 6. The Morgan fingerprint density at radius 1 is 0.789 bits per heavy atom. The number of nitrogens with one attached hydrogen (secondary N) is 5. The van der Waals surface area contributed by atoms with Crippen LogP contribution in [0.5, 0.6) is 0 Å². The lowest BCUT2D eigenvalue weighted by Crippen LogP contribution is -2.39. The molecule has 6 N–H and O–H groups in total. The molecule has 8 heterocycles. The van der Waals surface area contributed by atoms with Crippen molar-refractivity contribution in [2.75, 3.05) is 70.5 Å². The number of piperidine rings is 2. The van der Waals surface area contributed by atoms with E-state index in [-0.39, 0.29) is 86.9 Å². The Morgan fingerprint density at radius 2 is 1.30 bits per heavy atom. The van der Waals surface area contributed by atoms with Gasteiger partial charge >= 0.3 is 11.0 Å². The number of anilines is 2. The minimum absolute atomic E-state index is 0.00696. The number of alkyl halides is 6. The molecule has 0 radical (unpaired) electrons. The first kappa shape index (κ1) is 53.3. The summed E-state index contributed by atoms with van der Waals surface area (Å²) < 4.78 is 85.2. The topological polar surface area (TPSA) is 177 Å². The fraction of sp³-hybridized carbons (Fsp3) is 0.510. The van der Waals surface area contributed by atoms with Gasteiger partial charge in [-0.25, -0.2) is 14.5 Å². The number of likely N-dealkylation sites (tertiary alicyclic amines) is 2. The lowest BCUT2D eigenvalue weighted by molar-refractivity contribution is -0.117. The number of hydrogen-bond acceptors (Lipinski definition) is 14. The zero-order valence-electron chi connectivity index (χ0n) is 42.2. The van der Waals surface area contributed by atoms with Crippen molar-refractivity contribution in [1.82, 2.24) is 59.9 Å². The van der Waals surface area contributed by atoms with Crippen LogP contribution < -0.4 is 26.7 Å². The molecule has 5 aromatic heterocycles. The van der Waals surface area contributed by atoms with Crippen LogP contribution in [0.25, 0.3) is 11.0 Å². The highest BCUT2D eigenvalue weighted by Gasteiger charge is 2.57. The third-order valence-electron chi connectivity index (χ3n) is 14.3. The quantitative estimate of drug-likeness (QED) is 0.0461. The van der Waals surface area contributed by atoms with Crippen molar-refractivity contribution in [3.63, 3.8) is 0 Å². The number of hydrazine groups is 1. The molecular formula is C51H58F6N14O3S2. The van der Waals surface area contributed by atoms with Crippen LogP contribution in [0.3, 0.4) is 0 Å². The van der Waals surface area contributed by atoms with Crippen molar-refractivity contribution in [2.24, 2.45) is 11.8 Å². The second-order valence-electron chi connectivity index (χ2n) is 21.1. The zero-order chi connectivity index (χ0) is 53.8. The van der Waals surface area contributed by atoms with Crippen molar-refractivity contribution in [2.45, 2.75) is 102 Å². The number of hydrogen-bond donors (Lipinski definition) is 6. The van der Waals surface area contributed by atoms with Gasteiger partial charge in [0, 0.05) is 67.8 Å². The van der Waals surface area contributed by atoms with Crippen LogP contribution >= 0.6 is 23.5 Å². The molecule has 4 atom stereocenters. The van der Waals surface area contributed by atoms with E-state index in [0.29, 0.717) is 52.7 Å². The van der Waals surface area contributed by atoms with Crippen LogP contribution in [0, 0.1) is 35.5 Å². The van der Waals surface area contributed by atoms with Crippen molar-refractivity contribution >= 4 is 58.0 Å². The van der Waals surface area contributed by atoms with E-state index < -0.39 is 22.5 Å². The van der Waals surface area contributed by atoms with Crippen LogP contribution in [0.15, 0.2) is 70.4 Å². The predicted molar refractivity (Wildman–Crippen MR) is 276 cm³/mol. The molecule has 0 aromatic carbocycles. The lowest BCUT2D eigenvalue weighted by atomic mass is 10.1. The Morgan fingerprint density at radius 3 is 1.78 bits per heavy atom. The van der Waals surface area contributed by atoms with Crippen molar-refractivity contribution in [1.29, 1.82) is 0 Å². The molecule has 3 aliphatic heterocycles. The molecule has 0 bridgehead atoms. The van der Waals surface area contributed by atoms with Gasteiger partial charge in [-0.05, 0) is 138 Å². The zero-order valence-corrected chi connectivity index (χ0v) is 43.8. The molecule has 6 aliphatic rings. The molecule has 2 saturated heterocycles. The molecule has 11 rings (SSSR count). The van der Waals surface area contributed by atoms with E-state index >= 15 is 0 Å². The second kappa shape index (κ2) is 20.7. The van der Waals surface area contributed by atoms with E-state index in [0.717, 1.165) is 64.7 Å². The van der Waals surface area contributed by atoms with Gasteiger partial charge in [-0.1, -0.05) is 24.0 Å². The van der Waals surface area contributed by atoms with E-state index in [1.54, 1.807) is 38.1 Å². The Balaban J connectivity index is 0.000000173. The maximum atomic E-state index is 13.5. The van der Waals surface area contributed by atoms with E-state index in [2.05, 4.69) is 89.6 Å². The molecule has 2 amide bonds. The highest BCUT2D eigenvalue weighted by molar-refractivity contribution is 8.00. The molecule has 76 heavy (non-hydrogen) atoms. The average molecular weight is 1090 g/mol. The molecule has 25 heteroatoms. The first-order valence-corrected chi connectivity index (χ1v) is 26.7. The summed E-state index contributed by atoms with van der Waals surface area (Å²) in [4.78, 5) is 29.4. The monoisotopic (exact) mass is 1090 g/mol. The first-order chi connectivity index (χ1) is 36.0. The molecule has 4 unspecified atom stereocenters. The van der Waals surface area contributed by atoms with Crippen LogP contribution in [0.4, 0.5) is 38.0 Å². The minimum Gasteiger partial charge on any atom is -0.389 e. The number of aromatic nitrogens is 6. The molecule has 3 aliphatic carbocycles. The Labute approximate surface area is 443 Å². The van der Waals surface area contributed by atoms with E-state index in [4.69, 9.17) is 0 Å². The van der Waals surface area contributed by atoms with Gasteiger partial charge in [0.25, 0.3) is 11.8 Å². The van der Waals surface area contributed by atoms with Crippen LogP contribution in [0.1, 0.15) is 74.1 Å². The summed E-state index contributed by atoms with van der Waals surface area (Å²) in [5.74, 6) is 12.6. The summed E-state index contributed by atoms with van der Waals surface area (Å²) in [6, 6.07) is 10.8. The van der Waals surface area contributed by atoms with Gasteiger partial charge in [-0.3, -0.25) is 14.3 Å². The molecule has 17 nitrogen and oxygen atoms in total. The standard InChI is InChI=1S/C26H30F3N7O2S.C25H28F3N7OS/c1-24(2,38)16-35-14-17(13-31-35)23(37)30-10-5-6-19-22(39-26(27,28)29)20-7-4-8-21(36(20)33-19)32-25-9-11-34(3)15-18(25)12-25;1-33-11-9-24(12-17(24)15-33)31-21-6-2-5-20-22(37-25(26,27)28)19(32-35(20)21)4-3-10-29-23(36)16-13-30-34(14-16)18-7-8-18/h4,7-8,13-14,18,32,38H,9-12,15-16H2,1-3H3,(H,30,37);2,5-6,14,17-18,30-31H,7-13,15H2,1H3,(H,29,36). The lowest BCUT2D eigenvalue weighted by Gasteiger charge is -2.30. The highest BCUT2D eigenvalue weighted by atomic mass is 32.2. The summed E-state index contributed by atoms with van der Waals surface area (Å²) in [5, 5.41) is 37.3. The van der Waals surface area contributed by atoms with E-state index in [9.17, 15) is 41.0 Å². The van der Waals surface area contributed by atoms with Crippen molar-refractivity contribution in [3.8, 4) is 23.7 Å². The maximum absolute atomic E-state index is 13.5. The minimum atomic E-state index is -4.52. The third kappa shape index (κ3) is 12.5. The smallest absolute Gasteiger partial charge is 0.389 e. The number of pyridine rings is 2. The molecule has 3 saturated carbocycles. The number of fused-ring (bicyclic) bond motifs is 4. The normalized spacial score (nSPS) is 23.2. The summed E-state index contributed by atoms with van der Waals surface area (Å²) >= 11 is -0.451. The Kier molecular flexibility index (Phi) is 14.5. The summed E-state index contributed by atoms with van der Waals surface area (Å²) in [6.07, 6.45) is 10.9. The largest absolute Gasteiger partial charge is 0.446 e.